The number of likely N-dealkylation sites (tertiary alicyclic amines) is 1. The van der Waals surface area contributed by atoms with E-state index in [-0.39, 0.29) is 0 Å². The molecule has 2 aromatic heterocycles. The van der Waals surface area contributed by atoms with Gasteiger partial charge in [-0.3, -0.25) is 4.98 Å². The van der Waals surface area contributed by atoms with Crippen LogP contribution in [0.5, 0.6) is 0 Å². The summed E-state index contributed by atoms with van der Waals surface area (Å²) in [5.41, 5.74) is 4.94. The van der Waals surface area contributed by atoms with Gasteiger partial charge in [0, 0.05) is 53.0 Å². The molecule has 2 fully saturated rings. The fourth-order valence-corrected chi connectivity index (χ4v) is 6.53. The van der Waals surface area contributed by atoms with E-state index in [1.807, 2.05) is 25.1 Å². The lowest BCUT2D eigenvalue weighted by molar-refractivity contribution is 0.299. The van der Waals surface area contributed by atoms with E-state index in [0.717, 1.165) is 62.8 Å². The van der Waals surface area contributed by atoms with Gasteiger partial charge in [-0.2, -0.15) is 0 Å². The number of fused-ring (bicyclic) bond motifs is 2. The standard InChI is InChI=1S/C27H28ClN5S/c1-18-7-12-22-23(5-3-6-24(22)29-18)25-30-31-26(32(25)2)34-14-4-13-33-16-20-15-27(20,17-33)19-8-10-21(28)11-9-19/h3,5-12,20H,4,13-17H2,1-2H3/t20?,27-/m1/s1. The maximum absolute atomic E-state index is 6.09. The van der Waals surface area contributed by atoms with Crippen LogP contribution in [0.2, 0.25) is 5.02 Å². The first-order chi connectivity index (χ1) is 16.5. The monoisotopic (exact) mass is 489 g/mol. The molecule has 5 nitrogen and oxygen atoms in total. The van der Waals surface area contributed by atoms with Crippen molar-refractivity contribution >= 4 is 34.3 Å². The third kappa shape index (κ3) is 3.92. The normalized spacial score (nSPS) is 21.8. The van der Waals surface area contributed by atoms with Crippen LogP contribution < -0.4 is 0 Å². The summed E-state index contributed by atoms with van der Waals surface area (Å²) in [5.74, 6) is 2.74. The van der Waals surface area contributed by atoms with Crippen LogP contribution in [0.1, 0.15) is 24.1 Å². The molecule has 4 aromatic rings. The van der Waals surface area contributed by atoms with Crippen molar-refractivity contribution in [2.45, 2.75) is 30.3 Å². The molecule has 0 N–H and O–H groups in total. The highest BCUT2D eigenvalue weighted by molar-refractivity contribution is 7.99. The first-order valence-corrected chi connectivity index (χ1v) is 13.3. The van der Waals surface area contributed by atoms with E-state index < -0.39 is 0 Å². The van der Waals surface area contributed by atoms with Crippen LogP contribution in [0.4, 0.5) is 0 Å². The number of aromatic nitrogens is 4. The molecule has 0 amide bonds. The number of pyridine rings is 1. The fraction of sp³-hybridized carbons (Fsp3) is 0.370. The molecule has 7 heteroatoms. The molecule has 0 bridgehead atoms. The van der Waals surface area contributed by atoms with Crippen molar-refractivity contribution in [3.8, 4) is 11.4 Å². The summed E-state index contributed by atoms with van der Waals surface area (Å²) in [6.07, 6.45) is 2.47. The molecule has 6 rings (SSSR count). The Bertz CT molecular complexity index is 1350. The van der Waals surface area contributed by atoms with Gasteiger partial charge < -0.3 is 9.47 Å². The zero-order valence-corrected chi connectivity index (χ0v) is 21.1. The average Bonchev–Trinajstić information content (AvgIpc) is 3.21. The van der Waals surface area contributed by atoms with Gasteiger partial charge >= 0.3 is 0 Å². The van der Waals surface area contributed by atoms with Gasteiger partial charge in [-0.05, 0) is 62.1 Å². The van der Waals surface area contributed by atoms with Gasteiger partial charge in [0.2, 0.25) is 0 Å². The number of thioether (sulfide) groups is 1. The number of piperidine rings is 1. The van der Waals surface area contributed by atoms with Crippen molar-refractivity contribution in [2.75, 3.05) is 25.4 Å². The van der Waals surface area contributed by atoms with Gasteiger partial charge in [-0.15, -0.1) is 10.2 Å². The third-order valence-electron chi connectivity index (χ3n) is 7.43. The summed E-state index contributed by atoms with van der Waals surface area (Å²) in [6.45, 7) is 5.55. The molecule has 2 atom stereocenters. The van der Waals surface area contributed by atoms with Crippen LogP contribution in [-0.2, 0) is 12.5 Å². The Morgan fingerprint density at radius 1 is 1.09 bits per heavy atom. The highest BCUT2D eigenvalue weighted by Gasteiger charge is 2.60. The molecule has 34 heavy (non-hydrogen) atoms. The summed E-state index contributed by atoms with van der Waals surface area (Å²) in [6, 6.07) is 18.9. The number of benzene rings is 2. The predicted molar refractivity (Wildman–Crippen MR) is 139 cm³/mol. The summed E-state index contributed by atoms with van der Waals surface area (Å²) in [4.78, 5) is 7.30. The summed E-state index contributed by atoms with van der Waals surface area (Å²) in [5, 5.41) is 11.9. The van der Waals surface area contributed by atoms with Crippen LogP contribution in [0.25, 0.3) is 22.3 Å². The topological polar surface area (TPSA) is 46.8 Å². The molecule has 1 unspecified atom stereocenters. The number of aryl methyl sites for hydroxylation is 1. The smallest absolute Gasteiger partial charge is 0.191 e. The minimum absolute atomic E-state index is 0.377. The van der Waals surface area contributed by atoms with E-state index in [1.165, 1.54) is 25.1 Å². The Morgan fingerprint density at radius 2 is 1.94 bits per heavy atom. The summed E-state index contributed by atoms with van der Waals surface area (Å²) in [7, 11) is 2.06. The molecule has 1 aliphatic carbocycles. The highest BCUT2D eigenvalue weighted by atomic mass is 35.5. The van der Waals surface area contributed by atoms with Crippen molar-refractivity contribution in [1.29, 1.82) is 0 Å². The van der Waals surface area contributed by atoms with Crippen LogP contribution in [-0.4, -0.2) is 50.0 Å². The molecule has 2 aromatic carbocycles. The fourth-order valence-electron chi connectivity index (χ4n) is 5.56. The van der Waals surface area contributed by atoms with E-state index >= 15 is 0 Å². The lowest BCUT2D eigenvalue weighted by atomic mass is 9.95. The Kier molecular flexibility index (Phi) is 5.63. The molecule has 3 heterocycles. The van der Waals surface area contributed by atoms with Crippen molar-refractivity contribution in [2.24, 2.45) is 13.0 Å². The Labute approximate surface area is 209 Å². The number of hydrogen-bond acceptors (Lipinski definition) is 5. The van der Waals surface area contributed by atoms with Crippen LogP contribution in [0.3, 0.4) is 0 Å². The molecular weight excluding hydrogens is 462 g/mol. The van der Waals surface area contributed by atoms with Crippen LogP contribution >= 0.6 is 23.4 Å². The lowest BCUT2D eigenvalue weighted by Crippen LogP contribution is -2.27. The van der Waals surface area contributed by atoms with Gasteiger partial charge in [0.1, 0.15) is 0 Å². The van der Waals surface area contributed by atoms with E-state index in [0.29, 0.717) is 5.41 Å². The first kappa shape index (κ1) is 22.1. The van der Waals surface area contributed by atoms with Crippen molar-refractivity contribution in [3.63, 3.8) is 0 Å². The van der Waals surface area contributed by atoms with E-state index in [2.05, 4.69) is 68.1 Å². The maximum atomic E-state index is 6.09. The molecule has 174 valence electrons. The average molecular weight is 490 g/mol. The number of rotatable bonds is 7. The Morgan fingerprint density at radius 3 is 2.79 bits per heavy atom. The van der Waals surface area contributed by atoms with E-state index in [4.69, 9.17) is 11.6 Å². The van der Waals surface area contributed by atoms with Gasteiger partial charge in [0.25, 0.3) is 0 Å². The van der Waals surface area contributed by atoms with E-state index in [1.54, 1.807) is 11.8 Å². The van der Waals surface area contributed by atoms with Crippen LogP contribution in [0, 0.1) is 12.8 Å². The quantitative estimate of drug-likeness (QED) is 0.244. The second-order valence-corrected chi connectivity index (χ2v) is 11.2. The van der Waals surface area contributed by atoms with Crippen molar-refractivity contribution in [1.82, 2.24) is 24.6 Å². The largest absolute Gasteiger partial charge is 0.305 e. The number of hydrogen-bond donors (Lipinski definition) is 0. The zero-order chi connectivity index (χ0) is 23.3. The SMILES string of the molecule is Cc1ccc2c(-c3nnc(SCCCN4CC5C[C@]5(c5ccc(Cl)cc5)C4)n3C)cccc2n1. The second kappa shape index (κ2) is 8.67. The molecule has 1 saturated carbocycles. The third-order valence-corrected chi connectivity index (χ3v) is 8.79. The maximum Gasteiger partial charge on any atom is 0.191 e. The van der Waals surface area contributed by atoms with Crippen LogP contribution in [0.15, 0.2) is 59.8 Å². The first-order valence-electron chi connectivity index (χ1n) is 11.9. The van der Waals surface area contributed by atoms with Gasteiger partial charge in [0.05, 0.1) is 5.52 Å². The zero-order valence-electron chi connectivity index (χ0n) is 19.5. The Hall–Kier alpha value is -2.41. The minimum Gasteiger partial charge on any atom is -0.305 e. The molecule has 2 aliphatic rings. The molecule has 0 spiro atoms. The van der Waals surface area contributed by atoms with Gasteiger partial charge in [0.15, 0.2) is 11.0 Å². The lowest BCUT2D eigenvalue weighted by Gasteiger charge is -2.21. The molecule has 1 aliphatic heterocycles. The number of nitrogens with zero attached hydrogens (tertiary/aromatic N) is 5. The summed E-state index contributed by atoms with van der Waals surface area (Å²) >= 11 is 7.89. The van der Waals surface area contributed by atoms with Crippen molar-refractivity contribution in [3.05, 3.63) is 70.9 Å². The summed E-state index contributed by atoms with van der Waals surface area (Å²) < 4.78 is 2.11. The second-order valence-electron chi connectivity index (χ2n) is 9.69. The van der Waals surface area contributed by atoms with Gasteiger partial charge in [-0.25, -0.2) is 0 Å². The van der Waals surface area contributed by atoms with E-state index in [9.17, 15) is 0 Å². The molecule has 0 radical (unpaired) electrons. The van der Waals surface area contributed by atoms with Crippen molar-refractivity contribution < 1.29 is 0 Å². The predicted octanol–water partition coefficient (Wildman–Crippen LogP) is 5.75. The molecule has 1 saturated heterocycles. The minimum atomic E-state index is 0.377. The Balaban J connectivity index is 1.06. The molecular formula is C27H28ClN5S. The number of halogens is 1. The van der Waals surface area contributed by atoms with Gasteiger partial charge in [-0.1, -0.05) is 53.7 Å². The highest BCUT2D eigenvalue weighted by Crippen LogP contribution is 2.59.